The standard InChI is InChI=1S/C14H17BrFNO2/c1-17(9-14(19)6-2-3-7-14)13(18)10-4-5-12(16)11(15)8-10/h4-5,8,19H,2-3,6-7,9H2,1H3. The van der Waals surface area contributed by atoms with Gasteiger partial charge in [0.2, 0.25) is 0 Å². The van der Waals surface area contributed by atoms with Crippen LogP contribution in [0, 0.1) is 5.82 Å². The van der Waals surface area contributed by atoms with Crippen LogP contribution in [-0.4, -0.2) is 35.1 Å². The lowest BCUT2D eigenvalue weighted by molar-refractivity contribution is 0.0156. The van der Waals surface area contributed by atoms with Gasteiger partial charge >= 0.3 is 0 Å². The molecule has 104 valence electrons. The third-order valence-electron chi connectivity index (χ3n) is 3.58. The Morgan fingerprint density at radius 3 is 2.68 bits per heavy atom. The summed E-state index contributed by atoms with van der Waals surface area (Å²) in [5.74, 6) is -0.602. The molecule has 1 fully saturated rings. The number of nitrogens with zero attached hydrogens (tertiary/aromatic N) is 1. The highest BCUT2D eigenvalue weighted by Crippen LogP contribution is 2.30. The fourth-order valence-corrected chi connectivity index (χ4v) is 2.93. The number of carbonyl (C=O) groups excluding carboxylic acids is 1. The van der Waals surface area contributed by atoms with Gasteiger partial charge in [0.1, 0.15) is 5.82 Å². The quantitative estimate of drug-likeness (QED) is 0.926. The summed E-state index contributed by atoms with van der Waals surface area (Å²) in [6.07, 6.45) is 3.47. The van der Waals surface area contributed by atoms with Gasteiger partial charge in [-0.05, 0) is 47.0 Å². The number of rotatable bonds is 3. The van der Waals surface area contributed by atoms with Gasteiger partial charge in [-0.2, -0.15) is 0 Å². The molecule has 1 amide bonds. The highest BCUT2D eigenvalue weighted by molar-refractivity contribution is 9.10. The molecule has 3 nitrogen and oxygen atoms in total. The summed E-state index contributed by atoms with van der Waals surface area (Å²) in [7, 11) is 1.66. The monoisotopic (exact) mass is 329 g/mol. The van der Waals surface area contributed by atoms with Crippen LogP contribution in [-0.2, 0) is 0 Å². The Labute approximate surface area is 120 Å². The maximum atomic E-state index is 13.1. The SMILES string of the molecule is CN(CC1(O)CCCC1)C(=O)c1ccc(F)c(Br)c1. The van der Waals surface area contributed by atoms with E-state index >= 15 is 0 Å². The van der Waals surface area contributed by atoms with Crippen molar-refractivity contribution in [3.63, 3.8) is 0 Å². The van der Waals surface area contributed by atoms with Crippen LogP contribution in [0.5, 0.6) is 0 Å². The van der Waals surface area contributed by atoms with Gasteiger partial charge in [-0.1, -0.05) is 12.8 Å². The van der Waals surface area contributed by atoms with Crippen molar-refractivity contribution in [2.75, 3.05) is 13.6 Å². The number of amides is 1. The van der Waals surface area contributed by atoms with Gasteiger partial charge in [0, 0.05) is 19.2 Å². The van der Waals surface area contributed by atoms with E-state index in [0.29, 0.717) is 12.1 Å². The highest BCUT2D eigenvalue weighted by Gasteiger charge is 2.33. The van der Waals surface area contributed by atoms with Crippen molar-refractivity contribution in [2.24, 2.45) is 0 Å². The van der Waals surface area contributed by atoms with E-state index in [0.717, 1.165) is 25.7 Å². The normalized spacial score (nSPS) is 17.5. The van der Waals surface area contributed by atoms with Gasteiger partial charge in [-0.15, -0.1) is 0 Å². The molecule has 1 aliphatic carbocycles. The molecular formula is C14H17BrFNO2. The molecule has 0 spiro atoms. The van der Waals surface area contributed by atoms with Gasteiger partial charge in [0.25, 0.3) is 5.91 Å². The second-order valence-corrected chi connectivity index (χ2v) is 6.08. The van der Waals surface area contributed by atoms with Gasteiger partial charge in [0.05, 0.1) is 10.1 Å². The Kier molecular flexibility index (Phi) is 4.26. The molecule has 0 heterocycles. The zero-order chi connectivity index (χ0) is 14.0. The van der Waals surface area contributed by atoms with Crippen LogP contribution in [0.1, 0.15) is 36.0 Å². The molecule has 0 atom stereocenters. The minimum Gasteiger partial charge on any atom is -0.388 e. The van der Waals surface area contributed by atoms with Crippen LogP contribution in [0.2, 0.25) is 0 Å². The minimum atomic E-state index is -0.762. The molecule has 2 rings (SSSR count). The Morgan fingerprint density at radius 2 is 2.11 bits per heavy atom. The van der Waals surface area contributed by atoms with E-state index in [2.05, 4.69) is 15.9 Å². The Balaban J connectivity index is 2.08. The summed E-state index contributed by atoms with van der Waals surface area (Å²) in [6.45, 7) is 0.320. The molecule has 0 aromatic heterocycles. The first-order valence-electron chi connectivity index (χ1n) is 6.34. The molecule has 1 aromatic rings. The lowest BCUT2D eigenvalue weighted by Crippen LogP contribution is -2.42. The fraction of sp³-hybridized carbons (Fsp3) is 0.500. The molecular weight excluding hydrogens is 313 g/mol. The Morgan fingerprint density at radius 1 is 1.47 bits per heavy atom. The van der Waals surface area contributed by atoms with Crippen molar-refractivity contribution in [1.82, 2.24) is 4.90 Å². The van der Waals surface area contributed by atoms with Crippen LogP contribution in [0.15, 0.2) is 22.7 Å². The summed E-state index contributed by atoms with van der Waals surface area (Å²) in [5.41, 5.74) is -0.348. The van der Waals surface area contributed by atoms with E-state index < -0.39 is 11.4 Å². The molecule has 1 saturated carbocycles. The van der Waals surface area contributed by atoms with Gasteiger partial charge < -0.3 is 10.0 Å². The van der Waals surface area contributed by atoms with E-state index in [4.69, 9.17) is 0 Å². The highest BCUT2D eigenvalue weighted by atomic mass is 79.9. The number of hydrogen-bond donors (Lipinski definition) is 1. The number of benzene rings is 1. The maximum Gasteiger partial charge on any atom is 0.253 e. The summed E-state index contributed by atoms with van der Waals surface area (Å²) in [4.78, 5) is 13.7. The zero-order valence-electron chi connectivity index (χ0n) is 10.8. The number of likely N-dealkylation sites (N-methyl/N-ethyl adjacent to an activating group) is 1. The molecule has 0 bridgehead atoms. The molecule has 1 aromatic carbocycles. The Hall–Kier alpha value is -0.940. The molecule has 19 heavy (non-hydrogen) atoms. The first-order valence-corrected chi connectivity index (χ1v) is 7.13. The van der Waals surface area contributed by atoms with E-state index in [-0.39, 0.29) is 10.4 Å². The average molecular weight is 330 g/mol. The summed E-state index contributed by atoms with van der Waals surface area (Å²) in [6, 6.07) is 4.18. The zero-order valence-corrected chi connectivity index (χ0v) is 12.4. The van der Waals surface area contributed by atoms with Crippen molar-refractivity contribution >= 4 is 21.8 Å². The van der Waals surface area contributed by atoms with Crippen molar-refractivity contribution in [3.8, 4) is 0 Å². The minimum absolute atomic E-state index is 0.207. The van der Waals surface area contributed by atoms with E-state index in [1.54, 1.807) is 7.05 Å². The van der Waals surface area contributed by atoms with Gasteiger partial charge in [0.15, 0.2) is 0 Å². The molecule has 0 saturated heterocycles. The maximum absolute atomic E-state index is 13.1. The van der Waals surface area contributed by atoms with Gasteiger partial charge in [-0.25, -0.2) is 4.39 Å². The number of hydrogen-bond acceptors (Lipinski definition) is 2. The second kappa shape index (κ2) is 5.59. The molecule has 0 aliphatic heterocycles. The van der Waals surface area contributed by atoms with E-state index in [1.807, 2.05) is 0 Å². The summed E-state index contributed by atoms with van der Waals surface area (Å²) in [5, 5.41) is 10.3. The average Bonchev–Trinajstić information content (AvgIpc) is 2.78. The lowest BCUT2D eigenvalue weighted by atomic mass is 10.0. The molecule has 1 aliphatic rings. The van der Waals surface area contributed by atoms with Crippen molar-refractivity contribution in [1.29, 1.82) is 0 Å². The Bertz CT molecular complexity index is 486. The summed E-state index contributed by atoms with van der Waals surface area (Å²) < 4.78 is 13.4. The predicted octanol–water partition coefficient (Wildman–Crippen LogP) is 2.97. The molecule has 1 N–H and O–H groups in total. The van der Waals surface area contributed by atoms with Crippen LogP contribution < -0.4 is 0 Å². The van der Waals surface area contributed by atoms with Crippen LogP contribution >= 0.6 is 15.9 Å². The summed E-state index contributed by atoms with van der Waals surface area (Å²) >= 11 is 3.07. The van der Waals surface area contributed by atoms with Crippen molar-refractivity contribution in [2.45, 2.75) is 31.3 Å². The lowest BCUT2D eigenvalue weighted by Gasteiger charge is -2.28. The molecule has 0 unspecified atom stereocenters. The molecule has 5 heteroatoms. The number of carbonyl (C=O) groups is 1. The van der Waals surface area contributed by atoms with Gasteiger partial charge in [-0.3, -0.25) is 4.79 Å². The van der Waals surface area contributed by atoms with E-state index in [1.165, 1.54) is 23.1 Å². The predicted molar refractivity (Wildman–Crippen MR) is 74.5 cm³/mol. The van der Waals surface area contributed by atoms with Crippen LogP contribution in [0.25, 0.3) is 0 Å². The second-order valence-electron chi connectivity index (χ2n) is 5.22. The topological polar surface area (TPSA) is 40.5 Å². The first-order chi connectivity index (χ1) is 8.91. The van der Waals surface area contributed by atoms with Crippen LogP contribution in [0.4, 0.5) is 4.39 Å². The van der Waals surface area contributed by atoms with E-state index in [9.17, 15) is 14.3 Å². The third kappa shape index (κ3) is 3.34. The largest absolute Gasteiger partial charge is 0.388 e. The number of aliphatic hydroxyl groups is 1. The first kappa shape index (κ1) is 14.5. The third-order valence-corrected chi connectivity index (χ3v) is 4.19. The smallest absolute Gasteiger partial charge is 0.253 e. The van der Waals surface area contributed by atoms with Crippen LogP contribution in [0.3, 0.4) is 0 Å². The fourth-order valence-electron chi connectivity index (χ4n) is 2.55. The van der Waals surface area contributed by atoms with Crippen molar-refractivity contribution < 1.29 is 14.3 Å². The molecule has 0 radical (unpaired) electrons. The number of halogens is 2. The van der Waals surface area contributed by atoms with Crippen molar-refractivity contribution in [3.05, 3.63) is 34.1 Å².